The topological polar surface area (TPSA) is 94.5 Å². The number of alkyl halides is 3. The molecular formula is C14H12Cl2F3N5O2S. The summed E-state index contributed by atoms with van der Waals surface area (Å²) in [5.74, 6) is -0.783. The van der Waals surface area contributed by atoms with Gasteiger partial charge in [0, 0.05) is 6.92 Å². The van der Waals surface area contributed by atoms with E-state index in [4.69, 9.17) is 28.9 Å². The lowest BCUT2D eigenvalue weighted by Crippen LogP contribution is -2.33. The molecule has 0 unspecified atom stereocenters. The van der Waals surface area contributed by atoms with Crippen molar-refractivity contribution < 1.29 is 22.8 Å². The third kappa shape index (κ3) is 4.99. The predicted molar refractivity (Wildman–Crippen MR) is 97.3 cm³/mol. The van der Waals surface area contributed by atoms with Gasteiger partial charge in [-0.2, -0.15) is 28.4 Å². The number of hydrogen-bond acceptors (Lipinski definition) is 6. The van der Waals surface area contributed by atoms with E-state index in [1.807, 2.05) is 0 Å². The molecule has 0 radical (unpaired) electrons. The van der Waals surface area contributed by atoms with Crippen LogP contribution in [0.4, 0.5) is 24.7 Å². The molecule has 0 bridgehead atoms. The molecule has 2 aromatic rings. The van der Waals surface area contributed by atoms with E-state index in [0.717, 1.165) is 11.6 Å². The van der Waals surface area contributed by atoms with Crippen LogP contribution >= 0.6 is 35.0 Å². The lowest BCUT2D eigenvalue weighted by molar-refractivity contribution is -0.145. The molecule has 0 spiro atoms. The van der Waals surface area contributed by atoms with Crippen LogP contribution in [0.25, 0.3) is 0 Å². The maximum absolute atomic E-state index is 12.9. The standard InChI is InChI=1S/C14H12Cl2F3N5O2S/c1-6(25)26-23-13(24-12(20)10(27-2)5-21-24)22-11-8(15)3-7(4-9(11)16)14(17,18)19/h3-5H,20H2,1-2H3,(H,22,23). The fourth-order valence-corrected chi connectivity index (χ4v) is 2.86. The normalized spacial score (nSPS) is 12.2. The SMILES string of the molecule is CSc1cnn(C(=Nc2c(Cl)cc(C(F)(F)F)cc2Cl)NOC(C)=O)c1N. The Morgan fingerprint density at radius 2 is 1.96 bits per heavy atom. The first-order chi connectivity index (χ1) is 12.5. The number of carbonyl (C=O) groups is 1. The molecule has 1 aromatic heterocycles. The summed E-state index contributed by atoms with van der Waals surface area (Å²) in [5, 5.41) is 3.26. The molecule has 1 heterocycles. The van der Waals surface area contributed by atoms with E-state index >= 15 is 0 Å². The fraction of sp³-hybridized carbons (Fsp3) is 0.214. The Hall–Kier alpha value is -2.11. The first kappa shape index (κ1) is 21.2. The minimum absolute atomic E-state index is 0.153. The number of anilines is 1. The first-order valence-corrected chi connectivity index (χ1v) is 8.99. The fourth-order valence-electron chi connectivity index (χ4n) is 1.84. The van der Waals surface area contributed by atoms with Crippen molar-refractivity contribution in [1.29, 1.82) is 0 Å². The van der Waals surface area contributed by atoms with Crippen molar-refractivity contribution in [2.75, 3.05) is 12.0 Å². The highest BCUT2D eigenvalue weighted by atomic mass is 35.5. The summed E-state index contributed by atoms with van der Waals surface area (Å²) in [5.41, 5.74) is 6.94. The smallest absolute Gasteiger partial charge is 0.383 e. The zero-order chi connectivity index (χ0) is 20.4. The van der Waals surface area contributed by atoms with Crippen molar-refractivity contribution in [1.82, 2.24) is 15.3 Å². The van der Waals surface area contributed by atoms with Gasteiger partial charge >= 0.3 is 12.1 Å². The van der Waals surface area contributed by atoms with Gasteiger partial charge in [-0.15, -0.1) is 11.8 Å². The number of benzene rings is 1. The molecule has 13 heteroatoms. The van der Waals surface area contributed by atoms with Gasteiger partial charge in [0.2, 0.25) is 0 Å². The second-order valence-corrected chi connectivity index (χ2v) is 6.59. The number of aromatic nitrogens is 2. The van der Waals surface area contributed by atoms with Gasteiger partial charge < -0.3 is 10.6 Å². The number of halogens is 5. The Morgan fingerprint density at radius 1 is 1.37 bits per heavy atom. The molecule has 2 rings (SSSR count). The molecule has 0 saturated carbocycles. The number of nitrogens with zero attached hydrogens (tertiary/aromatic N) is 3. The van der Waals surface area contributed by atoms with Crippen LogP contribution in [-0.2, 0) is 15.8 Å². The molecule has 0 aliphatic carbocycles. The Balaban J connectivity index is 2.57. The maximum Gasteiger partial charge on any atom is 0.416 e. The van der Waals surface area contributed by atoms with Crippen LogP contribution in [-0.4, -0.2) is 28.0 Å². The van der Waals surface area contributed by atoms with E-state index in [2.05, 4.69) is 20.4 Å². The van der Waals surface area contributed by atoms with E-state index in [-0.39, 0.29) is 27.5 Å². The van der Waals surface area contributed by atoms with Crippen LogP contribution in [0.15, 0.2) is 28.2 Å². The summed E-state index contributed by atoms with van der Waals surface area (Å²) in [6, 6.07) is 1.35. The molecule has 0 fully saturated rings. The number of thioether (sulfide) groups is 1. The van der Waals surface area contributed by atoms with Gasteiger partial charge in [-0.25, -0.2) is 4.99 Å². The maximum atomic E-state index is 12.9. The Kier molecular flexibility index (Phi) is 6.50. The van der Waals surface area contributed by atoms with Crippen LogP contribution in [0.3, 0.4) is 0 Å². The van der Waals surface area contributed by atoms with E-state index in [0.29, 0.717) is 17.0 Å². The highest BCUT2D eigenvalue weighted by molar-refractivity contribution is 7.98. The zero-order valence-electron chi connectivity index (χ0n) is 13.8. The highest BCUT2D eigenvalue weighted by Gasteiger charge is 2.32. The number of carbonyl (C=O) groups excluding carboxylic acids is 1. The number of nitrogen functional groups attached to an aromatic ring is 1. The number of hydrogen-bond donors (Lipinski definition) is 2. The van der Waals surface area contributed by atoms with E-state index in [1.54, 1.807) is 6.26 Å². The summed E-state index contributed by atoms with van der Waals surface area (Å²) in [7, 11) is 0. The van der Waals surface area contributed by atoms with Crippen LogP contribution in [0.2, 0.25) is 10.0 Å². The predicted octanol–water partition coefficient (Wildman–Crippen LogP) is 4.12. The number of nitrogens with one attached hydrogen (secondary N) is 1. The molecule has 3 N–H and O–H groups in total. The number of nitrogens with two attached hydrogens (primary N) is 1. The van der Waals surface area contributed by atoms with Gasteiger partial charge in [-0.1, -0.05) is 23.2 Å². The Bertz CT molecular complexity index is 878. The lowest BCUT2D eigenvalue weighted by atomic mass is 10.2. The lowest BCUT2D eigenvalue weighted by Gasteiger charge is -2.13. The van der Waals surface area contributed by atoms with E-state index < -0.39 is 17.7 Å². The van der Waals surface area contributed by atoms with Crippen molar-refractivity contribution in [3.63, 3.8) is 0 Å². The molecule has 0 aliphatic rings. The third-order valence-corrected chi connectivity index (χ3v) is 4.37. The second kappa shape index (κ2) is 8.28. The van der Waals surface area contributed by atoms with Crippen LogP contribution in [0, 0.1) is 0 Å². The Labute approximate surface area is 165 Å². The van der Waals surface area contributed by atoms with Gasteiger partial charge in [0.1, 0.15) is 11.5 Å². The largest absolute Gasteiger partial charge is 0.416 e. The molecule has 146 valence electrons. The van der Waals surface area contributed by atoms with Crippen molar-refractivity contribution in [3.8, 4) is 0 Å². The molecular weight excluding hydrogens is 430 g/mol. The van der Waals surface area contributed by atoms with Crippen LogP contribution in [0.5, 0.6) is 0 Å². The van der Waals surface area contributed by atoms with Gasteiger partial charge in [-0.05, 0) is 18.4 Å². The van der Waals surface area contributed by atoms with E-state index in [9.17, 15) is 18.0 Å². The molecule has 0 aliphatic heterocycles. The second-order valence-electron chi connectivity index (χ2n) is 4.93. The van der Waals surface area contributed by atoms with Gasteiger partial charge in [0.15, 0.2) is 0 Å². The molecule has 0 atom stereocenters. The first-order valence-electron chi connectivity index (χ1n) is 7.00. The number of aliphatic imine (C=N–C) groups is 1. The van der Waals surface area contributed by atoms with Crippen molar-refractivity contribution in [3.05, 3.63) is 33.9 Å². The summed E-state index contributed by atoms with van der Waals surface area (Å²) in [6.45, 7) is 1.13. The number of hydroxylamine groups is 1. The summed E-state index contributed by atoms with van der Waals surface area (Å²) >= 11 is 13.1. The van der Waals surface area contributed by atoms with E-state index in [1.165, 1.54) is 18.0 Å². The summed E-state index contributed by atoms with van der Waals surface area (Å²) in [6.07, 6.45) is -1.44. The van der Waals surface area contributed by atoms with Crippen molar-refractivity contribution in [2.45, 2.75) is 18.0 Å². The average Bonchev–Trinajstić information content (AvgIpc) is 2.93. The molecule has 27 heavy (non-hydrogen) atoms. The quantitative estimate of drug-likeness (QED) is 0.315. The molecule has 0 amide bonds. The third-order valence-electron chi connectivity index (χ3n) is 3.04. The summed E-state index contributed by atoms with van der Waals surface area (Å²) in [4.78, 5) is 20.4. The highest BCUT2D eigenvalue weighted by Crippen LogP contribution is 2.40. The van der Waals surface area contributed by atoms with Crippen LogP contribution in [0.1, 0.15) is 12.5 Å². The van der Waals surface area contributed by atoms with Gasteiger partial charge in [0.25, 0.3) is 5.96 Å². The summed E-state index contributed by atoms with van der Waals surface area (Å²) < 4.78 is 39.6. The minimum Gasteiger partial charge on any atom is -0.383 e. The molecule has 1 aromatic carbocycles. The van der Waals surface area contributed by atoms with Crippen molar-refractivity contribution in [2.24, 2.45) is 4.99 Å². The number of rotatable bonds is 2. The van der Waals surface area contributed by atoms with Crippen molar-refractivity contribution >= 4 is 58.4 Å². The van der Waals surface area contributed by atoms with Gasteiger partial charge in [-0.3, -0.25) is 4.79 Å². The Morgan fingerprint density at radius 3 is 2.41 bits per heavy atom. The average molecular weight is 442 g/mol. The molecule has 0 saturated heterocycles. The van der Waals surface area contributed by atoms with Gasteiger partial charge in [0.05, 0.1) is 26.7 Å². The zero-order valence-corrected chi connectivity index (χ0v) is 16.1. The monoisotopic (exact) mass is 441 g/mol. The minimum atomic E-state index is -4.63. The molecule has 7 nitrogen and oxygen atoms in total. The van der Waals surface area contributed by atoms with Crippen LogP contribution < -0.4 is 11.2 Å².